The van der Waals surface area contributed by atoms with E-state index in [0.29, 0.717) is 22.8 Å². The summed E-state index contributed by atoms with van der Waals surface area (Å²) in [6, 6.07) is 1.57. The number of hydrogen-bond acceptors (Lipinski definition) is 2. The largest absolute Gasteiger partial charge is 0.227 e. The molecule has 1 aromatic heterocycles. The third-order valence-corrected chi connectivity index (χ3v) is 1.69. The van der Waals surface area contributed by atoms with Gasteiger partial charge in [0.1, 0.15) is 0 Å². The molecule has 0 saturated heterocycles. The first-order valence-electron chi connectivity index (χ1n) is 3.15. The summed E-state index contributed by atoms with van der Waals surface area (Å²) in [5.74, 6) is 0.141. The molecule has 60 valence electrons. The van der Waals surface area contributed by atoms with Gasteiger partial charge in [0.15, 0.2) is 0 Å². The SMILES string of the molecule is Fc1ncc(Cl)cc1CCS. The zero-order chi connectivity index (χ0) is 8.27. The van der Waals surface area contributed by atoms with Crippen molar-refractivity contribution in [2.24, 2.45) is 0 Å². The zero-order valence-electron chi connectivity index (χ0n) is 5.72. The average molecular weight is 192 g/mol. The number of thiol groups is 1. The monoisotopic (exact) mass is 191 g/mol. The summed E-state index contributed by atoms with van der Waals surface area (Å²) in [7, 11) is 0. The van der Waals surface area contributed by atoms with Crippen LogP contribution in [0, 0.1) is 5.95 Å². The molecule has 0 aliphatic heterocycles. The molecule has 0 atom stereocenters. The van der Waals surface area contributed by atoms with E-state index in [1.165, 1.54) is 6.20 Å². The van der Waals surface area contributed by atoms with Gasteiger partial charge >= 0.3 is 0 Å². The van der Waals surface area contributed by atoms with E-state index in [-0.39, 0.29) is 0 Å². The second-order valence-corrected chi connectivity index (χ2v) is 2.96. The van der Waals surface area contributed by atoms with E-state index in [9.17, 15) is 4.39 Å². The number of rotatable bonds is 2. The van der Waals surface area contributed by atoms with Gasteiger partial charge in [0.2, 0.25) is 5.95 Å². The van der Waals surface area contributed by atoms with Crippen molar-refractivity contribution >= 4 is 24.2 Å². The second-order valence-electron chi connectivity index (χ2n) is 2.08. The Balaban J connectivity index is 2.93. The summed E-state index contributed by atoms with van der Waals surface area (Å²) in [6.45, 7) is 0. The van der Waals surface area contributed by atoms with Crippen molar-refractivity contribution in [2.75, 3.05) is 5.75 Å². The average Bonchev–Trinajstić information content (AvgIpc) is 1.98. The van der Waals surface area contributed by atoms with Gasteiger partial charge in [-0.3, -0.25) is 0 Å². The standard InChI is InChI=1S/C7H7ClFNS/c8-6-3-5(1-2-11)7(9)10-4-6/h3-4,11H,1-2H2. The van der Waals surface area contributed by atoms with Gasteiger partial charge in [-0.2, -0.15) is 17.0 Å². The van der Waals surface area contributed by atoms with E-state index in [0.717, 1.165) is 0 Å². The summed E-state index contributed by atoms with van der Waals surface area (Å²) in [4.78, 5) is 3.46. The molecule has 0 amide bonds. The maximum Gasteiger partial charge on any atom is 0.216 e. The number of hydrogen-bond donors (Lipinski definition) is 1. The Morgan fingerprint density at radius 1 is 1.64 bits per heavy atom. The molecule has 11 heavy (non-hydrogen) atoms. The molecule has 0 N–H and O–H groups in total. The molecular weight excluding hydrogens is 185 g/mol. The molecule has 1 aromatic rings. The fraction of sp³-hybridized carbons (Fsp3) is 0.286. The molecule has 0 aliphatic rings. The summed E-state index contributed by atoms with van der Waals surface area (Å²) in [5, 5.41) is 0.461. The van der Waals surface area contributed by atoms with Crippen molar-refractivity contribution in [1.82, 2.24) is 4.98 Å². The lowest BCUT2D eigenvalue weighted by molar-refractivity contribution is 0.569. The highest BCUT2D eigenvalue weighted by Gasteiger charge is 2.02. The van der Waals surface area contributed by atoms with Crippen molar-refractivity contribution in [2.45, 2.75) is 6.42 Å². The first kappa shape index (κ1) is 8.81. The van der Waals surface area contributed by atoms with E-state index in [1.807, 2.05) is 0 Å². The van der Waals surface area contributed by atoms with Crippen molar-refractivity contribution < 1.29 is 4.39 Å². The molecule has 0 radical (unpaired) electrons. The van der Waals surface area contributed by atoms with E-state index >= 15 is 0 Å². The molecule has 0 spiro atoms. The van der Waals surface area contributed by atoms with Crippen LogP contribution in [0.4, 0.5) is 4.39 Å². The van der Waals surface area contributed by atoms with E-state index in [2.05, 4.69) is 17.6 Å². The molecule has 0 bridgehead atoms. The number of halogens is 2. The summed E-state index contributed by atoms with van der Waals surface area (Å²) < 4.78 is 12.8. The predicted octanol–water partition coefficient (Wildman–Crippen LogP) is 2.35. The summed E-state index contributed by atoms with van der Waals surface area (Å²) in [5.41, 5.74) is 0.521. The quantitative estimate of drug-likeness (QED) is 0.560. The normalized spacial score (nSPS) is 10.1. The third kappa shape index (κ3) is 2.34. The summed E-state index contributed by atoms with van der Waals surface area (Å²) >= 11 is 9.57. The van der Waals surface area contributed by atoms with Gasteiger partial charge in [-0.05, 0) is 18.2 Å². The lowest BCUT2D eigenvalue weighted by Gasteiger charge is -1.98. The van der Waals surface area contributed by atoms with Crippen LogP contribution >= 0.6 is 24.2 Å². The fourth-order valence-electron chi connectivity index (χ4n) is 0.760. The van der Waals surface area contributed by atoms with Crippen LogP contribution in [0.2, 0.25) is 5.02 Å². The van der Waals surface area contributed by atoms with Gasteiger partial charge in [0.05, 0.1) is 5.02 Å². The Hall–Kier alpha value is -0.280. The topological polar surface area (TPSA) is 12.9 Å². The van der Waals surface area contributed by atoms with Crippen LogP contribution in [0.1, 0.15) is 5.56 Å². The molecular formula is C7H7ClFNS. The van der Waals surface area contributed by atoms with Crippen LogP contribution in [0.5, 0.6) is 0 Å². The van der Waals surface area contributed by atoms with Crippen molar-refractivity contribution in [1.29, 1.82) is 0 Å². The first-order chi connectivity index (χ1) is 5.24. The van der Waals surface area contributed by atoms with E-state index in [4.69, 9.17) is 11.6 Å². The third-order valence-electron chi connectivity index (χ3n) is 1.26. The minimum atomic E-state index is -0.455. The van der Waals surface area contributed by atoms with Gasteiger partial charge in [-0.1, -0.05) is 11.6 Å². The highest BCUT2D eigenvalue weighted by atomic mass is 35.5. The number of pyridine rings is 1. The second kappa shape index (κ2) is 3.93. The first-order valence-corrected chi connectivity index (χ1v) is 4.16. The Kier molecular flexibility index (Phi) is 3.15. The lowest BCUT2D eigenvalue weighted by Crippen LogP contribution is -1.94. The molecule has 0 unspecified atom stereocenters. The van der Waals surface area contributed by atoms with E-state index in [1.54, 1.807) is 6.07 Å². The van der Waals surface area contributed by atoms with Crippen molar-refractivity contribution in [3.05, 3.63) is 28.8 Å². The molecule has 1 rings (SSSR count). The van der Waals surface area contributed by atoms with Crippen LogP contribution in [0.3, 0.4) is 0 Å². The highest BCUT2D eigenvalue weighted by Crippen LogP contribution is 2.12. The Morgan fingerprint density at radius 2 is 2.36 bits per heavy atom. The van der Waals surface area contributed by atoms with Gasteiger partial charge < -0.3 is 0 Å². The van der Waals surface area contributed by atoms with Crippen LogP contribution < -0.4 is 0 Å². The van der Waals surface area contributed by atoms with Gasteiger partial charge in [0, 0.05) is 11.8 Å². The molecule has 4 heteroatoms. The molecule has 0 aromatic carbocycles. The minimum Gasteiger partial charge on any atom is -0.227 e. The zero-order valence-corrected chi connectivity index (χ0v) is 7.37. The molecule has 0 aliphatic carbocycles. The number of nitrogens with zero attached hydrogens (tertiary/aromatic N) is 1. The molecule has 1 nitrogen and oxygen atoms in total. The molecule has 0 fully saturated rings. The van der Waals surface area contributed by atoms with Crippen molar-refractivity contribution in [3.8, 4) is 0 Å². The highest BCUT2D eigenvalue weighted by molar-refractivity contribution is 7.80. The fourth-order valence-corrected chi connectivity index (χ4v) is 1.18. The van der Waals surface area contributed by atoms with Gasteiger partial charge in [0.25, 0.3) is 0 Å². The molecule has 1 heterocycles. The van der Waals surface area contributed by atoms with E-state index < -0.39 is 5.95 Å². The maximum atomic E-state index is 12.8. The van der Waals surface area contributed by atoms with Crippen LogP contribution in [-0.2, 0) is 6.42 Å². The maximum absolute atomic E-state index is 12.8. The predicted molar refractivity (Wildman–Crippen MR) is 46.8 cm³/mol. The number of aromatic nitrogens is 1. The Labute approximate surface area is 75.0 Å². The smallest absolute Gasteiger partial charge is 0.216 e. The lowest BCUT2D eigenvalue weighted by atomic mass is 10.2. The minimum absolute atomic E-state index is 0.455. The Morgan fingerprint density at radius 3 is 3.00 bits per heavy atom. The molecule has 0 saturated carbocycles. The Bertz CT molecular complexity index is 254. The van der Waals surface area contributed by atoms with Gasteiger partial charge in [-0.25, -0.2) is 4.98 Å². The van der Waals surface area contributed by atoms with Crippen LogP contribution in [0.25, 0.3) is 0 Å². The van der Waals surface area contributed by atoms with Gasteiger partial charge in [-0.15, -0.1) is 0 Å². The van der Waals surface area contributed by atoms with Crippen LogP contribution in [0.15, 0.2) is 12.3 Å². The van der Waals surface area contributed by atoms with Crippen molar-refractivity contribution in [3.63, 3.8) is 0 Å². The van der Waals surface area contributed by atoms with Crippen LogP contribution in [-0.4, -0.2) is 10.7 Å². The summed E-state index contributed by atoms with van der Waals surface area (Å²) in [6.07, 6.45) is 1.85. The number of aryl methyl sites for hydroxylation is 1.